The van der Waals surface area contributed by atoms with E-state index in [4.69, 9.17) is 11.6 Å². The molecule has 0 N–H and O–H groups in total. The quantitative estimate of drug-likeness (QED) is 0.455. The van der Waals surface area contributed by atoms with Crippen LogP contribution >= 0.6 is 11.6 Å². The van der Waals surface area contributed by atoms with Gasteiger partial charge in [0.05, 0.1) is 10.6 Å². The molecule has 0 radical (unpaired) electrons. The Morgan fingerprint density at radius 2 is 1.69 bits per heavy atom. The topological polar surface area (TPSA) is 48.9 Å². The van der Waals surface area contributed by atoms with Crippen LogP contribution in [0.4, 0.5) is 19.0 Å². The number of hydrogen-bond acceptors (Lipinski definition) is 5. The fourth-order valence-corrected chi connectivity index (χ4v) is 5.04. The summed E-state index contributed by atoms with van der Waals surface area (Å²) in [6.07, 6.45) is -2.94. The SMILES string of the molecule is O=C1c2c(Cl)cc(CN3CCN(c4ccccn4)CC3)cc2CN1Cc1ccc(OC(F)(F)F)cc1. The van der Waals surface area contributed by atoms with E-state index in [0.29, 0.717) is 22.7 Å². The summed E-state index contributed by atoms with van der Waals surface area (Å²) in [6.45, 7) is 4.95. The predicted molar refractivity (Wildman–Crippen MR) is 130 cm³/mol. The molecule has 0 spiro atoms. The minimum absolute atomic E-state index is 0.179. The number of benzene rings is 2. The van der Waals surface area contributed by atoms with Crippen LogP contribution in [0.1, 0.15) is 27.0 Å². The van der Waals surface area contributed by atoms with Gasteiger partial charge in [0.1, 0.15) is 11.6 Å². The van der Waals surface area contributed by atoms with Gasteiger partial charge >= 0.3 is 6.36 Å². The van der Waals surface area contributed by atoms with Crippen LogP contribution in [0.15, 0.2) is 60.8 Å². The summed E-state index contributed by atoms with van der Waals surface area (Å²) in [5.41, 5.74) is 3.12. The number of hydrogen-bond donors (Lipinski definition) is 0. The Balaban J connectivity index is 1.21. The lowest BCUT2D eigenvalue weighted by Crippen LogP contribution is -2.46. The third kappa shape index (κ3) is 5.57. The van der Waals surface area contributed by atoms with E-state index in [9.17, 15) is 18.0 Å². The van der Waals surface area contributed by atoms with Crippen molar-refractivity contribution in [2.24, 2.45) is 0 Å². The van der Waals surface area contributed by atoms with Crippen LogP contribution in [0.2, 0.25) is 5.02 Å². The Morgan fingerprint density at radius 1 is 0.944 bits per heavy atom. The van der Waals surface area contributed by atoms with Gasteiger partial charge in [0.2, 0.25) is 0 Å². The molecule has 1 saturated heterocycles. The molecule has 3 heterocycles. The largest absolute Gasteiger partial charge is 0.573 e. The number of fused-ring (bicyclic) bond motifs is 1. The maximum absolute atomic E-state index is 13.0. The lowest BCUT2D eigenvalue weighted by molar-refractivity contribution is -0.274. The first-order valence-electron chi connectivity index (χ1n) is 11.6. The summed E-state index contributed by atoms with van der Waals surface area (Å²) in [5.74, 6) is 0.510. The molecule has 10 heteroatoms. The first-order valence-corrected chi connectivity index (χ1v) is 12.0. The molecule has 2 aromatic carbocycles. The Labute approximate surface area is 211 Å². The van der Waals surface area contributed by atoms with Crippen LogP contribution in [0.5, 0.6) is 5.75 Å². The predicted octanol–water partition coefficient (Wildman–Crippen LogP) is 5.11. The van der Waals surface area contributed by atoms with Crippen molar-refractivity contribution in [1.82, 2.24) is 14.8 Å². The number of carbonyl (C=O) groups is 1. The maximum Gasteiger partial charge on any atom is 0.573 e. The zero-order chi connectivity index (χ0) is 25.3. The molecule has 0 unspecified atom stereocenters. The number of piperazine rings is 1. The number of alkyl halides is 3. The number of amides is 1. The second kappa shape index (κ2) is 9.99. The third-order valence-electron chi connectivity index (χ3n) is 6.38. The molecule has 0 saturated carbocycles. The zero-order valence-electron chi connectivity index (χ0n) is 19.3. The minimum atomic E-state index is -4.74. The van der Waals surface area contributed by atoms with Gasteiger partial charge in [0, 0.05) is 52.0 Å². The average Bonchev–Trinajstić information content (AvgIpc) is 3.15. The summed E-state index contributed by atoms with van der Waals surface area (Å²) in [7, 11) is 0. The van der Waals surface area contributed by atoms with Gasteiger partial charge < -0.3 is 14.5 Å². The van der Waals surface area contributed by atoms with Gasteiger partial charge in [-0.3, -0.25) is 9.69 Å². The molecule has 1 aromatic heterocycles. The van der Waals surface area contributed by atoms with Gasteiger partial charge in [0.25, 0.3) is 5.91 Å². The highest BCUT2D eigenvalue weighted by molar-refractivity contribution is 6.34. The van der Waals surface area contributed by atoms with E-state index in [-0.39, 0.29) is 18.2 Å². The fraction of sp³-hybridized carbons (Fsp3) is 0.308. The van der Waals surface area contributed by atoms with Gasteiger partial charge in [-0.15, -0.1) is 13.2 Å². The van der Waals surface area contributed by atoms with E-state index in [2.05, 4.69) is 19.5 Å². The van der Waals surface area contributed by atoms with Crippen molar-refractivity contribution in [1.29, 1.82) is 0 Å². The highest BCUT2D eigenvalue weighted by atomic mass is 35.5. The Kier molecular flexibility index (Phi) is 6.77. The van der Waals surface area contributed by atoms with E-state index in [1.165, 1.54) is 24.3 Å². The van der Waals surface area contributed by atoms with Crippen LogP contribution in [-0.2, 0) is 19.6 Å². The van der Waals surface area contributed by atoms with Gasteiger partial charge in [-0.2, -0.15) is 0 Å². The number of pyridine rings is 1. The lowest BCUT2D eigenvalue weighted by Gasteiger charge is -2.35. The van der Waals surface area contributed by atoms with E-state index in [0.717, 1.165) is 49.7 Å². The van der Waals surface area contributed by atoms with Gasteiger partial charge in [-0.25, -0.2) is 4.98 Å². The highest BCUT2D eigenvalue weighted by Gasteiger charge is 2.32. The molecule has 2 aliphatic heterocycles. The summed E-state index contributed by atoms with van der Waals surface area (Å²) >= 11 is 6.54. The first kappa shape index (κ1) is 24.4. The molecule has 0 atom stereocenters. The average molecular weight is 517 g/mol. The molecular weight excluding hydrogens is 493 g/mol. The van der Waals surface area contributed by atoms with Crippen LogP contribution < -0.4 is 9.64 Å². The van der Waals surface area contributed by atoms with Crippen molar-refractivity contribution in [2.75, 3.05) is 31.1 Å². The molecule has 1 amide bonds. The molecule has 188 valence electrons. The number of halogens is 4. The molecule has 1 fully saturated rings. The zero-order valence-corrected chi connectivity index (χ0v) is 20.1. The van der Waals surface area contributed by atoms with E-state index in [1.807, 2.05) is 30.3 Å². The first-order chi connectivity index (χ1) is 17.2. The number of carbonyl (C=O) groups excluding carboxylic acids is 1. The van der Waals surface area contributed by atoms with Crippen molar-refractivity contribution in [3.8, 4) is 5.75 Å². The van der Waals surface area contributed by atoms with Crippen LogP contribution in [0, 0.1) is 0 Å². The van der Waals surface area contributed by atoms with Crippen molar-refractivity contribution < 1.29 is 22.7 Å². The molecular formula is C26H24ClF3N4O2. The Bertz CT molecular complexity index is 1230. The Morgan fingerprint density at radius 3 is 2.36 bits per heavy atom. The maximum atomic E-state index is 13.0. The van der Waals surface area contributed by atoms with Crippen molar-refractivity contribution in [3.05, 3.63) is 88.1 Å². The van der Waals surface area contributed by atoms with Crippen molar-refractivity contribution >= 4 is 23.3 Å². The molecule has 6 nitrogen and oxygen atoms in total. The monoisotopic (exact) mass is 516 g/mol. The smallest absolute Gasteiger partial charge is 0.406 e. The lowest BCUT2D eigenvalue weighted by atomic mass is 10.1. The van der Waals surface area contributed by atoms with Crippen LogP contribution in [-0.4, -0.2) is 53.2 Å². The Hall–Kier alpha value is -3.30. The van der Waals surface area contributed by atoms with Crippen molar-refractivity contribution in [2.45, 2.75) is 26.0 Å². The fourth-order valence-electron chi connectivity index (χ4n) is 4.70. The van der Waals surface area contributed by atoms with Gasteiger partial charge in [0.15, 0.2) is 0 Å². The normalized spacial score (nSPS) is 16.4. The van der Waals surface area contributed by atoms with E-state index in [1.54, 1.807) is 11.1 Å². The van der Waals surface area contributed by atoms with Crippen LogP contribution in [0.3, 0.4) is 0 Å². The second-order valence-corrected chi connectivity index (χ2v) is 9.32. The van der Waals surface area contributed by atoms with Gasteiger partial charge in [-0.1, -0.05) is 35.9 Å². The van der Waals surface area contributed by atoms with Crippen molar-refractivity contribution in [3.63, 3.8) is 0 Å². The molecule has 3 aromatic rings. The number of anilines is 1. The second-order valence-electron chi connectivity index (χ2n) is 8.92. The standard InChI is InChI=1S/C26H24ClF3N4O2/c27-22-14-19(15-32-9-11-33(12-10-32)23-3-1-2-8-31-23)13-20-17-34(25(35)24(20)22)16-18-4-6-21(7-5-18)36-26(28,29)30/h1-8,13-14H,9-12,15-17H2. The van der Waals surface area contributed by atoms with E-state index < -0.39 is 6.36 Å². The number of rotatable bonds is 6. The number of ether oxygens (including phenoxy) is 1. The number of nitrogens with zero attached hydrogens (tertiary/aromatic N) is 4. The van der Waals surface area contributed by atoms with E-state index >= 15 is 0 Å². The molecule has 36 heavy (non-hydrogen) atoms. The summed E-state index contributed by atoms with van der Waals surface area (Å²) in [4.78, 5) is 23.7. The summed E-state index contributed by atoms with van der Waals surface area (Å²) in [5, 5.41) is 0.427. The minimum Gasteiger partial charge on any atom is -0.406 e. The van der Waals surface area contributed by atoms with Crippen LogP contribution in [0.25, 0.3) is 0 Å². The molecule has 5 rings (SSSR count). The third-order valence-corrected chi connectivity index (χ3v) is 6.67. The number of aromatic nitrogens is 1. The summed E-state index contributed by atoms with van der Waals surface area (Å²) < 4.78 is 41.1. The summed E-state index contributed by atoms with van der Waals surface area (Å²) in [6, 6.07) is 15.3. The molecule has 0 aliphatic carbocycles. The molecule has 0 bridgehead atoms. The molecule has 2 aliphatic rings. The van der Waals surface area contributed by atoms with Gasteiger partial charge in [-0.05, 0) is 47.0 Å². The highest BCUT2D eigenvalue weighted by Crippen LogP contribution is 2.33.